The molecule has 1 aromatic rings. The molecular weight excluding hydrogens is 200 g/mol. The highest BCUT2D eigenvalue weighted by molar-refractivity contribution is 6.32. The van der Waals surface area contributed by atoms with Gasteiger partial charge in [-0.05, 0) is 23.1 Å². The second-order valence-electron chi connectivity index (χ2n) is 4.30. The number of benzene rings is 1. The lowest BCUT2D eigenvalue weighted by Crippen LogP contribution is -2.13. The van der Waals surface area contributed by atoms with Gasteiger partial charge in [0, 0.05) is 11.4 Å². The highest BCUT2D eigenvalue weighted by Gasteiger charge is 2.39. The van der Waals surface area contributed by atoms with Crippen LogP contribution in [0.25, 0.3) is 0 Å². The van der Waals surface area contributed by atoms with Crippen LogP contribution in [0, 0.1) is 0 Å². The van der Waals surface area contributed by atoms with Crippen molar-refractivity contribution in [3.63, 3.8) is 0 Å². The Labute approximate surface area is 87.5 Å². The van der Waals surface area contributed by atoms with Gasteiger partial charge >= 0.3 is 0 Å². The van der Waals surface area contributed by atoms with E-state index in [-0.39, 0.29) is 16.9 Å². The Kier molecular flexibility index (Phi) is 1.86. The molecule has 0 heterocycles. The number of hydrogen-bond acceptors (Lipinski definition) is 2. The Morgan fingerprint density at radius 2 is 2.07 bits per heavy atom. The van der Waals surface area contributed by atoms with Gasteiger partial charge in [0.2, 0.25) is 0 Å². The van der Waals surface area contributed by atoms with E-state index in [0.717, 1.165) is 5.56 Å². The number of hydrogen-bond donors (Lipinski definition) is 1. The first-order valence-electron chi connectivity index (χ1n) is 4.48. The number of carbonyl (C=O) groups is 1. The predicted octanol–water partition coefficient (Wildman–Crippen LogP) is 2.91. The van der Waals surface area contributed by atoms with Gasteiger partial charge in [-0.25, -0.2) is 0 Å². The standard InChI is InChI=1S/C11H11ClO2/c1-11(2)5-8(14)9-7(13)4-3-6(12)10(9)11/h3-4,13H,5H2,1-2H3. The van der Waals surface area contributed by atoms with Gasteiger partial charge in [0.05, 0.1) is 5.56 Å². The summed E-state index contributed by atoms with van der Waals surface area (Å²) in [7, 11) is 0. The number of fused-ring (bicyclic) bond motifs is 1. The van der Waals surface area contributed by atoms with Crippen molar-refractivity contribution in [1.29, 1.82) is 0 Å². The van der Waals surface area contributed by atoms with E-state index in [1.54, 1.807) is 6.07 Å². The normalized spacial score (nSPS) is 18.4. The van der Waals surface area contributed by atoms with Crippen LogP contribution in [0.3, 0.4) is 0 Å². The molecule has 0 aromatic heterocycles. The fraction of sp³-hybridized carbons (Fsp3) is 0.364. The summed E-state index contributed by atoms with van der Waals surface area (Å²) in [6.45, 7) is 3.92. The molecule has 0 aliphatic heterocycles. The molecule has 0 atom stereocenters. The zero-order valence-electron chi connectivity index (χ0n) is 8.10. The molecule has 1 aromatic carbocycles. The summed E-state index contributed by atoms with van der Waals surface area (Å²) in [5.74, 6) is 0.0185. The Bertz CT molecular complexity index is 422. The van der Waals surface area contributed by atoms with Crippen LogP contribution in [0.2, 0.25) is 5.02 Å². The number of aromatic hydroxyl groups is 1. The van der Waals surface area contributed by atoms with Crippen LogP contribution in [-0.4, -0.2) is 10.9 Å². The topological polar surface area (TPSA) is 37.3 Å². The summed E-state index contributed by atoms with van der Waals surface area (Å²) in [5.41, 5.74) is 0.925. The lowest BCUT2D eigenvalue weighted by Gasteiger charge is -2.18. The molecule has 2 rings (SSSR count). The highest BCUT2D eigenvalue weighted by atomic mass is 35.5. The van der Waals surface area contributed by atoms with E-state index >= 15 is 0 Å². The molecule has 0 saturated heterocycles. The van der Waals surface area contributed by atoms with Crippen molar-refractivity contribution in [2.75, 3.05) is 0 Å². The van der Waals surface area contributed by atoms with Crippen molar-refractivity contribution in [3.05, 3.63) is 28.3 Å². The Hall–Kier alpha value is -1.02. The molecule has 3 heteroatoms. The second-order valence-corrected chi connectivity index (χ2v) is 4.71. The fourth-order valence-electron chi connectivity index (χ4n) is 2.09. The molecule has 1 N–H and O–H groups in total. The first-order valence-corrected chi connectivity index (χ1v) is 4.86. The third kappa shape index (κ3) is 1.14. The third-order valence-corrected chi connectivity index (χ3v) is 3.01. The van der Waals surface area contributed by atoms with E-state index in [1.165, 1.54) is 6.07 Å². The van der Waals surface area contributed by atoms with Gasteiger partial charge in [-0.15, -0.1) is 0 Å². The van der Waals surface area contributed by atoms with Crippen LogP contribution in [0.5, 0.6) is 5.75 Å². The fourth-order valence-corrected chi connectivity index (χ4v) is 2.50. The molecule has 0 amide bonds. The third-order valence-electron chi connectivity index (χ3n) is 2.69. The zero-order valence-corrected chi connectivity index (χ0v) is 8.85. The molecule has 14 heavy (non-hydrogen) atoms. The highest BCUT2D eigenvalue weighted by Crippen LogP contribution is 2.45. The molecule has 0 bridgehead atoms. The number of rotatable bonds is 0. The summed E-state index contributed by atoms with van der Waals surface area (Å²) in [6, 6.07) is 3.11. The number of phenolic OH excluding ortho intramolecular Hbond substituents is 1. The van der Waals surface area contributed by atoms with Gasteiger partial charge in [0.15, 0.2) is 5.78 Å². The van der Waals surface area contributed by atoms with Gasteiger partial charge in [-0.2, -0.15) is 0 Å². The second kappa shape index (κ2) is 2.74. The molecule has 0 spiro atoms. The van der Waals surface area contributed by atoms with Crippen molar-refractivity contribution in [2.24, 2.45) is 0 Å². The zero-order chi connectivity index (χ0) is 10.5. The minimum Gasteiger partial charge on any atom is -0.507 e. The molecular formula is C11H11ClO2. The van der Waals surface area contributed by atoms with Crippen LogP contribution in [-0.2, 0) is 5.41 Å². The maximum Gasteiger partial charge on any atom is 0.167 e. The first-order chi connectivity index (χ1) is 6.43. The average molecular weight is 211 g/mol. The lowest BCUT2D eigenvalue weighted by atomic mass is 9.86. The van der Waals surface area contributed by atoms with E-state index in [4.69, 9.17) is 11.6 Å². The summed E-state index contributed by atoms with van der Waals surface area (Å²) in [5, 5.41) is 10.1. The average Bonchev–Trinajstić information content (AvgIpc) is 2.30. The lowest BCUT2D eigenvalue weighted by molar-refractivity contribution is 0.0977. The molecule has 2 nitrogen and oxygen atoms in total. The van der Waals surface area contributed by atoms with Crippen LogP contribution >= 0.6 is 11.6 Å². The van der Waals surface area contributed by atoms with E-state index in [0.29, 0.717) is 17.0 Å². The van der Waals surface area contributed by atoms with Crippen LogP contribution in [0.4, 0.5) is 0 Å². The monoisotopic (exact) mass is 210 g/mol. The number of Topliss-reactive ketones (excluding diaryl/α,β-unsaturated/α-hetero) is 1. The summed E-state index contributed by atoms with van der Waals surface area (Å²) >= 11 is 6.03. The van der Waals surface area contributed by atoms with Crippen LogP contribution < -0.4 is 0 Å². The van der Waals surface area contributed by atoms with Crippen molar-refractivity contribution in [3.8, 4) is 5.75 Å². The Morgan fingerprint density at radius 1 is 1.43 bits per heavy atom. The number of halogens is 1. The van der Waals surface area contributed by atoms with E-state index in [1.807, 2.05) is 13.8 Å². The maximum atomic E-state index is 11.6. The van der Waals surface area contributed by atoms with Gasteiger partial charge in [0.1, 0.15) is 5.75 Å². The molecule has 0 unspecified atom stereocenters. The molecule has 74 valence electrons. The van der Waals surface area contributed by atoms with Gasteiger partial charge in [0.25, 0.3) is 0 Å². The number of phenols is 1. The SMILES string of the molecule is CC1(C)CC(=O)c2c(O)ccc(Cl)c21. The predicted molar refractivity (Wildman–Crippen MR) is 55.1 cm³/mol. The molecule has 0 fully saturated rings. The van der Waals surface area contributed by atoms with Gasteiger partial charge < -0.3 is 5.11 Å². The summed E-state index contributed by atoms with van der Waals surface area (Å²) < 4.78 is 0. The minimum absolute atomic E-state index is 0.0231. The number of carbonyl (C=O) groups excluding carboxylic acids is 1. The van der Waals surface area contributed by atoms with Crippen molar-refractivity contribution in [1.82, 2.24) is 0 Å². The number of ketones is 1. The molecule has 1 aliphatic carbocycles. The maximum absolute atomic E-state index is 11.6. The van der Waals surface area contributed by atoms with Crippen molar-refractivity contribution < 1.29 is 9.90 Å². The quantitative estimate of drug-likeness (QED) is 0.715. The molecule has 0 radical (unpaired) electrons. The van der Waals surface area contributed by atoms with Crippen molar-refractivity contribution >= 4 is 17.4 Å². The van der Waals surface area contributed by atoms with E-state index in [2.05, 4.69) is 0 Å². The van der Waals surface area contributed by atoms with E-state index in [9.17, 15) is 9.90 Å². The largest absolute Gasteiger partial charge is 0.507 e. The van der Waals surface area contributed by atoms with E-state index < -0.39 is 0 Å². The summed E-state index contributed by atoms with van der Waals surface area (Å²) in [4.78, 5) is 11.6. The van der Waals surface area contributed by atoms with Gasteiger partial charge in [-0.3, -0.25) is 4.79 Å². The molecule has 0 saturated carbocycles. The van der Waals surface area contributed by atoms with Crippen molar-refractivity contribution in [2.45, 2.75) is 25.7 Å². The smallest absolute Gasteiger partial charge is 0.167 e. The molecule has 1 aliphatic rings. The Balaban J connectivity index is 2.80. The van der Waals surface area contributed by atoms with Gasteiger partial charge in [-0.1, -0.05) is 25.4 Å². The minimum atomic E-state index is -0.262. The van der Waals surface area contributed by atoms with Crippen LogP contribution in [0.15, 0.2) is 12.1 Å². The van der Waals surface area contributed by atoms with Crippen LogP contribution in [0.1, 0.15) is 36.2 Å². The summed E-state index contributed by atoms with van der Waals surface area (Å²) in [6.07, 6.45) is 0.416. The Morgan fingerprint density at radius 3 is 2.64 bits per heavy atom. The first kappa shape index (κ1) is 9.53.